The molecule has 8 heteroatoms. The van der Waals surface area contributed by atoms with Crippen molar-refractivity contribution >= 4 is 27.6 Å². The first-order chi connectivity index (χ1) is 12.8. The molecule has 2 aromatic rings. The van der Waals surface area contributed by atoms with Crippen LogP contribution < -0.4 is 4.72 Å². The summed E-state index contributed by atoms with van der Waals surface area (Å²) in [5.41, 5.74) is 2.05. The quantitative estimate of drug-likeness (QED) is 0.677. The SMILES string of the molecule is CCN(C)Cc1cccc(CNS(=O)(=O)c2cc(C(=O)OC)ccc2Cl)c1. The number of carbonyl (C=O) groups is 1. The van der Waals surface area contributed by atoms with Crippen molar-refractivity contribution in [2.24, 2.45) is 0 Å². The Morgan fingerprint density at radius 2 is 1.89 bits per heavy atom. The Bertz CT molecular complexity index is 916. The van der Waals surface area contributed by atoms with Gasteiger partial charge in [0.15, 0.2) is 0 Å². The molecule has 0 aromatic heterocycles. The summed E-state index contributed by atoms with van der Waals surface area (Å²) in [6, 6.07) is 11.7. The molecule has 0 amide bonds. The van der Waals surface area contributed by atoms with Gasteiger partial charge in [0.25, 0.3) is 0 Å². The molecule has 0 saturated carbocycles. The molecule has 27 heavy (non-hydrogen) atoms. The summed E-state index contributed by atoms with van der Waals surface area (Å²) in [7, 11) is -0.646. The summed E-state index contributed by atoms with van der Waals surface area (Å²) in [6.45, 7) is 3.89. The van der Waals surface area contributed by atoms with Crippen LogP contribution in [-0.4, -0.2) is 40.0 Å². The van der Waals surface area contributed by atoms with E-state index in [0.717, 1.165) is 24.2 Å². The van der Waals surface area contributed by atoms with Gasteiger partial charge in [0, 0.05) is 13.1 Å². The molecule has 0 aliphatic rings. The van der Waals surface area contributed by atoms with Gasteiger partial charge in [-0.2, -0.15) is 0 Å². The Hall–Kier alpha value is -1.93. The molecule has 0 spiro atoms. The summed E-state index contributed by atoms with van der Waals surface area (Å²) in [5, 5.41) is 0.0356. The van der Waals surface area contributed by atoms with E-state index >= 15 is 0 Å². The lowest BCUT2D eigenvalue weighted by atomic mass is 10.1. The molecular formula is C19H23ClN2O4S. The maximum Gasteiger partial charge on any atom is 0.337 e. The van der Waals surface area contributed by atoms with E-state index in [-0.39, 0.29) is 22.0 Å². The van der Waals surface area contributed by atoms with Crippen LogP contribution in [-0.2, 0) is 27.8 Å². The molecule has 6 nitrogen and oxygen atoms in total. The third kappa shape index (κ3) is 5.77. The second kappa shape index (κ2) is 9.32. The zero-order chi connectivity index (χ0) is 20.0. The highest BCUT2D eigenvalue weighted by Crippen LogP contribution is 2.23. The standard InChI is InChI=1S/C19H23ClN2O4S/c1-4-22(2)13-15-7-5-6-14(10-15)12-21-27(24,25)18-11-16(19(23)26-3)8-9-17(18)20/h5-11,21H,4,12-13H2,1-3H3. The molecule has 0 radical (unpaired) electrons. The number of benzene rings is 2. The predicted octanol–water partition coefficient (Wildman–Crippen LogP) is 3.06. The molecule has 146 valence electrons. The second-order valence-electron chi connectivity index (χ2n) is 6.11. The number of esters is 1. The lowest BCUT2D eigenvalue weighted by Crippen LogP contribution is -2.24. The third-order valence-electron chi connectivity index (χ3n) is 4.09. The average Bonchev–Trinajstić information content (AvgIpc) is 2.66. The van der Waals surface area contributed by atoms with Gasteiger partial charge >= 0.3 is 5.97 Å². The van der Waals surface area contributed by atoms with E-state index in [1.54, 1.807) is 0 Å². The van der Waals surface area contributed by atoms with Crippen LogP contribution in [0.15, 0.2) is 47.4 Å². The van der Waals surface area contributed by atoms with Crippen molar-refractivity contribution in [3.05, 3.63) is 64.2 Å². The smallest absolute Gasteiger partial charge is 0.337 e. The highest BCUT2D eigenvalue weighted by Gasteiger charge is 2.20. The van der Waals surface area contributed by atoms with E-state index < -0.39 is 16.0 Å². The Labute approximate surface area is 165 Å². The maximum absolute atomic E-state index is 12.6. The average molecular weight is 411 g/mol. The number of methoxy groups -OCH3 is 1. The topological polar surface area (TPSA) is 75.7 Å². The second-order valence-corrected chi connectivity index (χ2v) is 8.25. The fourth-order valence-corrected chi connectivity index (χ4v) is 4.01. The van der Waals surface area contributed by atoms with Crippen LogP contribution in [0.4, 0.5) is 0 Å². The zero-order valence-corrected chi connectivity index (χ0v) is 17.1. The molecule has 0 fully saturated rings. The minimum atomic E-state index is -3.89. The van der Waals surface area contributed by atoms with Crippen molar-refractivity contribution in [2.75, 3.05) is 20.7 Å². The van der Waals surface area contributed by atoms with Crippen LogP contribution >= 0.6 is 11.6 Å². The van der Waals surface area contributed by atoms with Gasteiger partial charge in [0.05, 0.1) is 17.7 Å². The summed E-state index contributed by atoms with van der Waals surface area (Å²) in [6.07, 6.45) is 0. The van der Waals surface area contributed by atoms with Crippen LogP contribution in [0, 0.1) is 0 Å². The number of hydrogen-bond donors (Lipinski definition) is 1. The molecule has 0 bridgehead atoms. The Morgan fingerprint density at radius 1 is 1.19 bits per heavy atom. The monoisotopic (exact) mass is 410 g/mol. The van der Waals surface area contributed by atoms with Crippen molar-refractivity contribution in [1.82, 2.24) is 9.62 Å². The Kier molecular flexibility index (Phi) is 7.38. The van der Waals surface area contributed by atoms with Gasteiger partial charge in [-0.05, 0) is 42.9 Å². The predicted molar refractivity (Wildman–Crippen MR) is 105 cm³/mol. The van der Waals surface area contributed by atoms with Crippen LogP contribution in [0.2, 0.25) is 5.02 Å². The molecule has 1 N–H and O–H groups in total. The largest absolute Gasteiger partial charge is 0.465 e. The number of sulfonamides is 1. The molecular weight excluding hydrogens is 388 g/mol. The summed E-state index contributed by atoms with van der Waals surface area (Å²) < 4.78 is 32.4. The van der Waals surface area contributed by atoms with Crippen molar-refractivity contribution < 1.29 is 17.9 Å². The minimum absolute atomic E-state index is 0.0356. The molecule has 0 heterocycles. The summed E-state index contributed by atoms with van der Waals surface area (Å²) in [5.74, 6) is -0.629. The van der Waals surface area contributed by atoms with Crippen LogP contribution in [0.1, 0.15) is 28.4 Å². The zero-order valence-electron chi connectivity index (χ0n) is 15.5. The van der Waals surface area contributed by atoms with E-state index in [0.29, 0.717) is 0 Å². The van der Waals surface area contributed by atoms with Crippen molar-refractivity contribution in [3.63, 3.8) is 0 Å². The van der Waals surface area contributed by atoms with Crippen LogP contribution in [0.25, 0.3) is 0 Å². The fourth-order valence-electron chi connectivity index (χ4n) is 2.47. The highest BCUT2D eigenvalue weighted by atomic mass is 35.5. The van der Waals surface area contributed by atoms with Gasteiger partial charge in [-0.25, -0.2) is 17.9 Å². The van der Waals surface area contributed by atoms with E-state index in [1.165, 1.54) is 25.3 Å². The fraction of sp³-hybridized carbons (Fsp3) is 0.316. The lowest BCUT2D eigenvalue weighted by molar-refractivity contribution is 0.0600. The van der Waals surface area contributed by atoms with Gasteiger partial charge in [-0.1, -0.05) is 42.8 Å². The van der Waals surface area contributed by atoms with Gasteiger partial charge in [0.1, 0.15) is 4.90 Å². The number of halogens is 1. The number of ether oxygens (including phenoxy) is 1. The molecule has 0 aliphatic heterocycles. The van der Waals surface area contributed by atoms with E-state index in [9.17, 15) is 13.2 Å². The van der Waals surface area contributed by atoms with Crippen LogP contribution in [0.5, 0.6) is 0 Å². The number of nitrogens with one attached hydrogen (secondary N) is 1. The lowest BCUT2D eigenvalue weighted by Gasteiger charge is -2.15. The minimum Gasteiger partial charge on any atom is -0.465 e. The van der Waals surface area contributed by atoms with Gasteiger partial charge in [0.2, 0.25) is 10.0 Å². The van der Waals surface area contributed by atoms with Crippen LogP contribution in [0.3, 0.4) is 0 Å². The maximum atomic E-state index is 12.6. The Morgan fingerprint density at radius 3 is 2.56 bits per heavy atom. The van der Waals surface area contributed by atoms with Gasteiger partial charge < -0.3 is 9.64 Å². The number of rotatable bonds is 8. The highest BCUT2D eigenvalue weighted by molar-refractivity contribution is 7.89. The first kappa shape index (κ1) is 21.4. The molecule has 0 saturated heterocycles. The van der Waals surface area contributed by atoms with E-state index in [4.69, 9.17) is 11.6 Å². The molecule has 0 atom stereocenters. The molecule has 2 aromatic carbocycles. The van der Waals surface area contributed by atoms with Crippen molar-refractivity contribution in [1.29, 1.82) is 0 Å². The normalized spacial score (nSPS) is 11.6. The molecule has 0 aliphatic carbocycles. The van der Waals surface area contributed by atoms with Gasteiger partial charge in [-0.15, -0.1) is 0 Å². The summed E-state index contributed by atoms with van der Waals surface area (Å²) in [4.78, 5) is 13.6. The molecule has 2 rings (SSSR count). The van der Waals surface area contributed by atoms with E-state index in [2.05, 4.69) is 21.3 Å². The number of nitrogens with zero attached hydrogens (tertiary/aromatic N) is 1. The first-order valence-corrected chi connectivity index (χ1v) is 10.3. The summed E-state index contributed by atoms with van der Waals surface area (Å²) >= 11 is 6.03. The Balaban J connectivity index is 2.18. The van der Waals surface area contributed by atoms with Crippen molar-refractivity contribution in [3.8, 4) is 0 Å². The van der Waals surface area contributed by atoms with E-state index in [1.807, 2.05) is 31.3 Å². The number of carbonyl (C=O) groups excluding carboxylic acids is 1. The van der Waals surface area contributed by atoms with Gasteiger partial charge in [-0.3, -0.25) is 0 Å². The molecule has 0 unspecified atom stereocenters. The van der Waals surface area contributed by atoms with Crippen molar-refractivity contribution in [2.45, 2.75) is 24.9 Å². The first-order valence-electron chi connectivity index (χ1n) is 8.40. The number of hydrogen-bond acceptors (Lipinski definition) is 5. The third-order valence-corrected chi connectivity index (χ3v) is 5.97.